The van der Waals surface area contributed by atoms with Crippen LogP contribution in [0.3, 0.4) is 0 Å². The van der Waals surface area contributed by atoms with E-state index in [2.05, 4.69) is 11.4 Å². The van der Waals surface area contributed by atoms with E-state index in [1.165, 1.54) is 5.57 Å². The molecule has 0 bridgehead atoms. The minimum atomic E-state index is -0.484. The van der Waals surface area contributed by atoms with Gasteiger partial charge < -0.3 is 10.1 Å². The molecule has 0 aromatic carbocycles. The molecule has 12 heavy (non-hydrogen) atoms. The molecule has 0 atom stereocenters. The number of carbonyl (C=O) groups excluding carboxylic acids is 1. The summed E-state index contributed by atoms with van der Waals surface area (Å²) in [6, 6.07) is 0. The van der Waals surface area contributed by atoms with Crippen molar-refractivity contribution in [1.29, 1.82) is 0 Å². The van der Waals surface area contributed by atoms with E-state index in [4.69, 9.17) is 16.3 Å². The molecule has 1 heterocycles. The van der Waals surface area contributed by atoms with E-state index in [-0.39, 0.29) is 0 Å². The molecule has 0 aliphatic carbocycles. The number of rotatable bonds is 3. The van der Waals surface area contributed by atoms with Crippen LogP contribution >= 0.6 is 11.6 Å². The van der Waals surface area contributed by atoms with Gasteiger partial charge in [0.05, 0.1) is 13.2 Å². The van der Waals surface area contributed by atoms with Gasteiger partial charge in [0.2, 0.25) is 0 Å². The topological polar surface area (TPSA) is 38.3 Å². The van der Waals surface area contributed by atoms with E-state index < -0.39 is 5.37 Å². The number of ether oxygens (including phenoxy) is 1. The largest absolute Gasteiger partial charge is 0.377 e. The predicted octanol–water partition coefficient (Wildman–Crippen LogP) is 1.67. The summed E-state index contributed by atoms with van der Waals surface area (Å²) < 4.78 is 5.14. The zero-order chi connectivity index (χ0) is 8.81. The highest BCUT2D eigenvalue weighted by Gasteiger charge is 2.03. The zero-order valence-electron chi connectivity index (χ0n) is 6.81. The molecule has 1 aliphatic heterocycles. The van der Waals surface area contributed by atoms with Gasteiger partial charge in [-0.25, -0.2) is 0 Å². The van der Waals surface area contributed by atoms with Crippen molar-refractivity contribution in [3.63, 3.8) is 0 Å². The summed E-state index contributed by atoms with van der Waals surface area (Å²) in [6.45, 7) is 2.11. The van der Waals surface area contributed by atoms with Crippen LogP contribution in [0.25, 0.3) is 0 Å². The van der Waals surface area contributed by atoms with Gasteiger partial charge in [0.1, 0.15) is 0 Å². The third kappa shape index (κ3) is 3.74. The lowest BCUT2D eigenvalue weighted by molar-refractivity contribution is 0.153. The molecular weight excluding hydrogens is 178 g/mol. The normalized spacial score (nSPS) is 16.9. The average Bonchev–Trinajstić information content (AvgIpc) is 2.05. The molecule has 0 aromatic heterocycles. The second kappa shape index (κ2) is 5.17. The SMILES string of the molecule is O=C(Cl)NCCC1=CCOCC1. The third-order valence-corrected chi connectivity index (χ3v) is 1.90. The average molecular weight is 190 g/mol. The Hall–Kier alpha value is -0.540. The molecule has 0 spiro atoms. The van der Waals surface area contributed by atoms with Gasteiger partial charge in [-0.15, -0.1) is 0 Å². The van der Waals surface area contributed by atoms with Crippen molar-refractivity contribution in [2.75, 3.05) is 19.8 Å². The van der Waals surface area contributed by atoms with Gasteiger partial charge in [-0.1, -0.05) is 11.6 Å². The first-order chi connectivity index (χ1) is 5.79. The molecule has 0 fully saturated rings. The van der Waals surface area contributed by atoms with Gasteiger partial charge in [0.25, 0.3) is 0 Å². The van der Waals surface area contributed by atoms with Crippen LogP contribution in [0.2, 0.25) is 0 Å². The maximum atomic E-state index is 10.3. The van der Waals surface area contributed by atoms with Crippen LogP contribution < -0.4 is 5.32 Å². The summed E-state index contributed by atoms with van der Waals surface area (Å²) in [5.74, 6) is 0. The Balaban J connectivity index is 2.13. The number of hydrogen-bond donors (Lipinski definition) is 1. The lowest BCUT2D eigenvalue weighted by Gasteiger charge is -2.12. The molecular formula is C8H12ClNO2. The van der Waals surface area contributed by atoms with Crippen molar-refractivity contribution >= 4 is 17.0 Å². The monoisotopic (exact) mass is 189 g/mol. The van der Waals surface area contributed by atoms with Gasteiger partial charge in [0, 0.05) is 6.54 Å². The fraction of sp³-hybridized carbons (Fsp3) is 0.625. The van der Waals surface area contributed by atoms with E-state index in [9.17, 15) is 4.79 Å². The minimum absolute atomic E-state index is 0.484. The Morgan fingerprint density at radius 2 is 2.58 bits per heavy atom. The first-order valence-corrected chi connectivity index (χ1v) is 4.36. The predicted molar refractivity (Wildman–Crippen MR) is 47.4 cm³/mol. The summed E-state index contributed by atoms with van der Waals surface area (Å²) in [6.07, 6.45) is 3.91. The van der Waals surface area contributed by atoms with Crippen molar-refractivity contribution in [1.82, 2.24) is 5.32 Å². The first kappa shape index (κ1) is 9.55. The Morgan fingerprint density at radius 1 is 1.75 bits per heavy atom. The van der Waals surface area contributed by atoms with E-state index in [0.717, 1.165) is 19.4 Å². The molecule has 1 rings (SSSR count). The summed E-state index contributed by atoms with van der Waals surface area (Å²) in [5.41, 5.74) is 1.34. The van der Waals surface area contributed by atoms with E-state index >= 15 is 0 Å². The van der Waals surface area contributed by atoms with Gasteiger partial charge in [0.15, 0.2) is 0 Å². The molecule has 1 aliphatic rings. The fourth-order valence-corrected chi connectivity index (χ4v) is 1.21. The van der Waals surface area contributed by atoms with Crippen LogP contribution in [0.15, 0.2) is 11.6 Å². The highest BCUT2D eigenvalue weighted by molar-refractivity contribution is 6.62. The van der Waals surface area contributed by atoms with Crippen molar-refractivity contribution < 1.29 is 9.53 Å². The molecule has 1 N–H and O–H groups in total. The van der Waals surface area contributed by atoms with Crippen molar-refractivity contribution in [3.8, 4) is 0 Å². The summed E-state index contributed by atoms with van der Waals surface area (Å²) in [7, 11) is 0. The molecule has 0 saturated heterocycles. The Bertz CT molecular complexity index is 191. The number of amides is 1. The Morgan fingerprint density at radius 3 is 3.17 bits per heavy atom. The molecule has 0 aromatic rings. The second-order valence-corrected chi connectivity index (χ2v) is 2.98. The van der Waals surface area contributed by atoms with Gasteiger partial charge in [-0.2, -0.15) is 0 Å². The van der Waals surface area contributed by atoms with Gasteiger partial charge in [-0.05, 0) is 24.4 Å². The number of hydrogen-bond acceptors (Lipinski definition) is 2. The van der Waals surface area contributed by atoms with Crippen LogP contribution in [-0.4, -0.2) is 25.1 Å². The first-order valence-electron chi connectivity index (χ1n) is 3.98. The molecule has 0 radical (unpaired) electrons. The van der Waals surface area contributed by atoms with Crippen LogP contribution in [0.5, 0.6) is 0 Å². The number of halogens is 1. The lowest BCUT2D eigenvalue weighted by Crippen LogP contribution is -2.19. The van der Waals surface area contributed by atoms with Crippen LogP contribution in [0.4, 0.5) is 4.79 Å². The summed E-state index contributed by atoms with van der Waals surface area (Å²) in [4.78, 5) is 10.3. The Labute approximate surface area is 76.7 Å². The smallest absolute Gasteiger partial charge is 0.313 e. The lowest BCUT2D eigenvalue weighted by atomic mass is 10.1. The maximum absolute atomic E-state index is 10.3. The van der Waals surface area contributed by atoms with E-state index in [1.54, 1.807) is 0 Å². The molecule has 0 saturated carbocycles. The fourth-order valence-electron chi connectivity index (χ4n) is 1.11. The standard InChI is InChI=1S/C8H12ClNO2/c9-8(11)10-4-1-7-2-5-12-6-3-7/h2H,1,3-6H2,(H,10,11). The van der Waals surface area contributed by atoms with Crippen molar-refractivity contribution in [3.05, 3.63) is 11.6 Å². The second-order valence-electron chi connectivity index (χ2n) is 2.64. The van der Waals surface area contributed by atoms with E-state index in [1.807, 2.05) is 0 Å². The number of carbonyl (C=O) groups is 1. The molecule has 3 nitrogen and oxygen atoms in total. The summed E-state index contributed by atoms with van der Waals surface area (Å²) in [5, 5.41) is 2.05. The van der Waals surface area contributed by atoms with Gasteiger partial charge >= 0.3 is 5.37 Å². The van der Waals surface area contributed by atoms with Crippen LogP contribution in [0.1, 0.15) is 12.8 Å². The Kier molecular flexibility index (Phi) is 4.11. The van der Waals surface area contributed by atoms with Crippen LogP contribution in [0, 0.1) is 0 Å². The van der Waals surface area contributed by atoms with Crippen LogP contribution in [-0.2, 0) is 4.74 Å². The highest BCUT2D eigenvalue weighted by atomic mass is 35.5. The van der Waals surface area contributed by atoms with Crippen molar-refractivity contribution in [2.45, 2.75) is 12.8 Å². The molecule has 68 valence electrons. The third-order valence-electron chi connectivity index (χ3n) is 1.77. The molecule has 0 unspecified atom stereocenters. The summed E-state index contributed by atoms with van der Waals surface area (Å²) >= 11 is 5.10. The zero-order valence-corrected chi connectivity index (χ0v) is 7.56. The maximum Gasteiger partial charge on any atom is 0.313 e. The molecule has 4 heteroatoms. The van der Waals surface area contributed by atoms with E-state index in [0.29, 0.717) is 13.2 Å². The molecule has 1 amide bonds. The minimum Gasteiger partial charge on any atom is -0.377 e. The highest BCUT2D eigenvalue weighted by Crippen LogP contribution is 2.10. The van der Waals surface area contributed by atoms with Crippen molar-refractivity contribution in [2.24, 2.45) is 0 Å². The number of nitrogens with one attached hydrogen (secondary N) is 1. The van der Waals surface area contributed by atoms with Gasteiger partial charge in [-0.3, -0.25) is 4.79 Å². The quantitative estimate of drug-likeness (QED) is 0.417.